The van der Waals surface area contributed by atoms with Gasteiger partial charge in [0.1, 0.15) is 10.7 Å². The number of ether oxygens (including phenoxy) is 2. The van der Waals surface area contributed by atoms with E-state index in [1.54, 1.807) is 0 Å². The van der Waals surface area contributed by atoms with Gasteiger partial charge in [-0.3, -0.25) is 4.79 Å². The molecule has 6 nitrogen and oxygen atoms in total. The van der Waals surface area contributed by atoms with Crippen molar-refractivity contribution in [3.8, 4) is 22.1 Å². The fourth-order valence-electron chi connectivity index (χ4n) is 3.19. The van der Waals surface area contributed by atoms with Crippen molar-refractivity contribution in [2.24, 2.45) is 5.73 Å². The predicted octanol–water partition coefficient (Wildman–Crippen LogP) is 2.49. The Labute approximate surface area is 144 Å². The molecule has 1 atom stereocenters. The molecule has 24 heavy (non-hydrogen) atoms. The Morgan fingerprint density at radius 2 is 2.21 bits per heavy atom. The summed E-state index contributed by atoms with van der Waals surface area (Å²) in [5, 5.41) is 2.63. The van der Waals surface area contributed by atoms with Crippen molar-refractivity contribution in [3.05, 3.63) is 29.3 Å². The number of carbonyl (C=O) groups is 1. The number of rotatable bonds is 3. The zero-order chi connectivity index (χ0) is 16.5. The first-order chi connectivity index (χ1) is 11.8. The van der Waals surface area contributed by atoms with Gasteiger partial charge in [-0.2, -0.15) is 0 Å². The molecule has 0 spiro atoms. The van der Waals surface area contributed by atoms with Gasteiger partial charge in [-0.05, 0) is 37.5 Å². The maximum absolute atomic E-state index is 12.8. The van der Waals surface area contributed by atoms with Crippen LogP contribution in [-0.2, 0) is 0 Å². The number of nitrogens with zero attached hydrogens (tertiary/aromatic N) is 2. The summed E-state index contributed by atoms with van der Waals surface area (Å²) < 4.78 is 10.7. The maximum atomic E-state index is 12.8. The van der Waals surface area contributed by atoms with Crippen LogP contribution in [-0.4, -0.2) is 41.7 Å². The number of carbonyl (C=O) groups excluding carboxylic acids is 1. The Balaban J connectivity index is 1.57. The van der Waals surface area contributed by atoms with E-state index < -0.39 is 0 Å². The van der Waals surface area contributed by atoms with Gasteiger partial charge in [0.15, 0.2) is 11.5 Å². The molecule has 2 N–H and O–H groups in total. The molecule has 126 valence electrons. The average Bonchev–Trinajstić information content (AvgIpc) is 3.29. The van der Waals surface area contributed by atoms with E-state index in [0.29, 0.717) is 12.2 Å². The fraction of sp³-hybridized carbons (Fsp3) is 0.412. The van der Waals surface area contributed by atoms with E-state index in [0.717, 1.165) is 47.9 Å². The Hall–Kier alpha value is -2.12. The minimum atomic E-state index is -0.0200. The topological polar surface area (TPSA) is 77.7 Å². The van der Waals surface area contributed by atoms with E-state index in [2.05, 4.69) is 4.98 Å². The number of nitrogens with two attached hydrogens (primary N) is 1. The van der Waals surface area contributed by atoms with E-state index >= 15 is 0 Å². The lowest BCUT2D eigenvalue weighted by Gasteiger charge is -2.34. The second-order valence-electron chi connectivity index (χ2n) is 5.99. The number of amides is 1. The monoisotopic (exact) mass is 345 g/mol. The number of hydrogen-bond acceptors (Lipinski definition) is 6. The molecule has 2 aliphatic rings. The summed E-state index contributed by atoms with van der Waals surface area (Å²) in [5.41, 5.74) is 7.24. The highest BCUT2D eigenvalue weighted by Crippen LogP contribution is 2.36. The van der Waals surface area contributed by atoms with E-state index in [9.17, 15) is 4.79 Å². The third kappa shape index (κ3) is 2.74. The van der Waals surface area contributed by atoms with Crippen LogP contribution in [0.1, 0.15) is 29.8 Å². The van der Waals surface area contributed by atoms with Crippen LogP contribution in [0.15, 0.2) is 23.6 Å². The Morgan fingerprint density at radius 1 is 1.33 bits per heavy atom. The van der Waals surface area contributed by atoms with Crippen molar-refractivity contribution in [3.63, 3.8) is 0 Å². The second kappa shape index (κ2) is 6.41. The van der Waals surface area contributed by atoms with E-state index in [-0.39, 0.29) is 18.7 Å². The van der Waals surface area contributed by atoms with E-state index in [4.69, 9.17) is 15.2 Å². The molecule has 0 aliphatic carbocycles. The van der Waals surface area contributed by atoms with Gasteiger partial charge >= 0.3 is 0 Å². The van der Waals surface area contributed by atoms with Crippen LogP contribution in [0.25, 0.3) is 10.6 Å². The molecule has 1 aromatic heterocycles. The molecule has 7 heteroatoms. The van der Waals surface area contributed by atoms with Crippen LogP contribution < -0.4 is 15.2 Å². The van der Waals surface area contributed by atoms with E-state index in [1.165, 1.54) is 11.3 Å². The van der Waals surface area contributed by atoms with Crippen molar-refractivity contribution in [1.29, 1.82) is 0 Å². The molecule has 3 heterocycles. The first-order valence-corrected chi connectivity index (χ1v) is 9.01. The van der Waals surface area contributed by atoms with Crippen molar-refractivity contribution >= 4 is 17.2 Å². The molecule has 1 aromatic carbocycles. The molecule has 4 rings (SSSR count). The van der Waals surface area contributed by atoms with Crippen LogP contribution >= 0.6 is 11.3 Å². The highest BCUT2D eigenvalue weighted by Gasteiger charge is 2.28. The number of benzene rings is 1. The Bertz CT molecular complexity index is 761. The third-order valence-electron chi connectivity index (χ3n) is 4.50. The van der Waals surface area contributed by atoms with Gasteiger partial charge in [-0.25, -0.2) is 4.98 Å². The molecule has 0 saturated carbocycles. The van der Waals surface area contributed by atoms with Crippen molar-refractivity contribution in [2.45, 2.75) is 25.3 Å². The van der Waals surface area contributed by atoms with Crippen LogP contribution in [0.3, 0.4) is 0 Å². The maximum Gasteiger partial charge on any atom is 0.273 e. The second-order valence-corrected chi connectivity index (χ2v) is 6.85. The minimum Gasteiger partial charge on any atom is -0.454 e. The van der Waals surface area contributed by atoms with Gasteiger partial charge in [-0.15, -0.1) is 11.3 Å². The average molecular weight is 345 g/mol. The van der Waals surface area contributed by atoms with Crippen molar-refractivity contribution < 1.29 is 14.3 Å². The summed E-state index contributed by atoms with van der Waals surface area (Å²) in [4.78, 5) is 19.2. The van der Waals surface area contributed by atoms with Gasteiger partial charge in [0.05, 0.1) is 0 Å². The minimum absolute atomic E-state index is 0.0200. The van der Waals surface area contributed by atoms with Gasteiger partial charge < -0.3 is 20.1 Å². The van der Waals surface area contributed by atoms with Crippen molar-refractivity contribution in [2.75, 3.05) is 19.9 Å². The molecule has 1 amide bonds. The molecular weight excluding hydrogens is 326 g/mol. The number of hydrogen-bond donors (Lipinski definition) is 1. The highest BCUT2D eigenvalue weighted by atomic mass is 32.1. The van der Waals surface area contributed by atoms with Gasteiger partial charge in [0, 0.05) is 30.1 Å². The standard InChI is InChI=1S/C17H19N3O3S/c18-8-12-3-1-2-6-20(12)17(21)13-9-24-16(19-13)11-4-5-14-15(7-11)23-10-22-14/h4-5,7,9,12H,1-3,6,8,10,18H2. The predicted molar refractivity (Wildman–Crippen MR) is 91.4 cm³/mol. The zero-order valence-corrected chi connectivity index (χ0v) is 14.1. The molecule has 0 radical (unpaired) electrons. The fourth-order valence-corrected chi connectivity index (χ4v) is 3.99. The lowest BCUT2D eigenvalue weighted by atomic mass is 10.0. The SMILES string of the molecule is NCC1CCCCN1C(=O)c1csc(-c2ccc3c(c2)OCO3)n1. The summed E-state index contributed by atoms with van der Waals surface area (Å²) in [6.45, 7) is 1.51. The molecular formula is C17H19N3O3S. The molecule has 2 aliphatic heterocycles. The normalized spacial score (nSPS) is 19.5. The van der Waals surface area contributed by atoms with Gasteiger partial charge in [-0.1, -0.05) is 0 Å². The summed E-state index contributed by atoms with van der Waals surface area (Å²) in [7, 11) is 0. The summed E-state index contributed by atoms with van der Waals surface area (Å²) in [6.07, 6.45) is 3.13. The largest absolute Gasteiger partial charge is 0.454 e. The Morgan fingerprint density at radius 3 is 3.08 bits per heavy atom. The quantitative estimate of drug-likeness (QED) is 0.925. The number of thiazole rings is 1. The lowest BCUT2D eigenvalue weighted by Crippen LogP contribution is -2.47. The van der Waals surface area contributed by atoms with E-state index in [1.807, 2.05) is 28.5 Å². The molecule has 0 bridgehead atoms. The smallest absolute Gasteiger partial charge is 0.273 e. The first-order valence-electron chi connectivity index (χ1n) is 8.13. The van der Waals surface area contributed by atoms with Gasteiger partial charge in [0.2, 0.25) is 6.79 Å². The van der Waals surface area contributed by atoms with Crippen LogP contribution in [0.2, 0.25) is 0 Å². The summed E-state index contributed by atoms with van der Waals surface area (Å²) in [6, 6.07) is 5.83. The lowest BCUT2D eigenvalue weighted by molar-refractivity contribution is 0.0618. The molecule has 1 fully saturated rings. The highest BCUT2D eigenvalue weighted by molar-refractivity contribution is 7.13. The van der Waals surface area contributed by atoms with Crippen molar-refractivity contribution in [1.82, 2.24) is 9.88 Å². The number of fused-ring (bicyclic) bond motifs is 1. The third-order valence-corrected chi connectivity index (χ3v) is 5.39. The molecule has 1 saturated heterocycles. The zero-order valence-electron chi connectivity index (χ0n) is 13.2. The summed E-state index contributed by atoms with van der Waals surface area (Å²) in [5.74, 6) is 1.44. The van der Waals surface area contributed by atoms with Crippen LogP contribution in [0.4, 0.5) is 0 Å². The summed E-state index contributed by atoms with van der Waals surface area (Å²) >= 11 is 1.46. The number of likely N-dealkylation sites (tertiary alicyclic amines) is 1. The Kier molecular flexibility index (Phi) is 4.12. The van der Waals surface area contributed by atoms with Crippen LogP contribution in [0, 0.1) is 0 Å². The molecule has 2 aromatic rings. The number of piperidine rings is 1. The molecule has 1 unspecified atom stereocenters. The number of aromatic nitrogens is 1. The van der Waals surface area contributed by atoms with Gasteiger partial charge in [0.25, 0.3) is 5.91 Å². The van der Waals surface area contributed by atoms with Crippen LogP contribution in [0.5, 0.6) is 11.5 Å². The first kappa shape index (κ1) is 15.4.